The summed E-state index contributed by atoms with van der Waals surface area (Å²) in [6.45, 7) is 1.25. The summed E-state index contributed by atoms with van der Waals surface area (Å²) in [5, 5.41) is 13.7. The number of hydrogen-bond donors (Lipinski definition) is 1. The highest BCUT2D eigenvalue weighted by Gasteiger charge is 2.35. The number of carbonyl (C=O) groups is 2. The van der Waals surface area contributed by atoms with Gasteiger partial charge >= 0.3 is 6.18 Å². The first-order valence-electron chi connectivity index (χ1n) is 7.84. The van der Waals surface area contributed by atoms with Gasteiger partial charge in [0.1, 0.15) is 6.54 Å². The Morgan fingerprint density at radius 1 is 1.33 bits per heavy atom. The number of aromatic nitrogens is 1. The maximum Gasteiger partial charge on any atom is 0.416 e. The molecule has 1 N–H and O–H groups in total. The van der Waals surface area contributed by atoms with E-state index in [1.54, 1.807) is 25.1 Å². The van der Waals surface area contributed by atoms with Crippen LogP contribution in [0.3, 0.4) is 0 Å². The van der Waals surface area contributed by atoms with Crippen LogP contribution in [0.15, 0.2) is 47.6 Å². The Morgan fingerprint density at radius 2 is 2.07 bits per heavy atom. The van der Waals surface area contributed by atoms with Crippen LogP contribution in [0.5, 0.6) is 0 Å². The minimum Gasteiger partial charge on any atom is -0.618 e. The molecule has 0 bridgehead atoms. The molecule has 1 aliphatic rings. The van der Waals surface area contributed by atoms with Gasteiger partial charge in [0.15, 0.2) is 6.20 Å². The zero-order valence-electron chi connectivity index (χ0n) is 14.0. The maximum atomic E-state index is 12.9. The quantitative estimate of drug-likeness (QED) is 0.491. The van der Waals surface area contributed by atoms with Crippen LogP contribution in [0.4, 0.5) is 24.5 Å². The molecule has 0 saturated heterocycles. The standard InChI is InChI=1S/C17H14F3N3O3S/c1-10(27-15-4-2-3-7-23(15)26)16(25)22-9-14(24)21-12-8-11(17(18,19)20)5-6-13(12)22/h2-8,10H,9H2,1H3,(H,21,24). The average Bonchev–Trinajstić information content (AvgIpc) is 2.61. The molecule has 1 unspecified atom stereocenters. The van der Waals surface area contributed by atoms with E-state index in [-0.39, 0.29) is 17.9 Å². The SMILES string of the molecule is CC(Sc1cccc[n+]1[O-])C(=O)N1CC(=O)Nc2cc(C(F)(F)F)ccc21. The molecule has 0 radical (unpaired) electrons. The largest absolute Gasteiger partial charge is 0.618 e. The van der Waals surface area contributed by atoms with Crippen LogP contribution in [0.25, 0.3) is 0 Å². The summed E-state index contributed by atoms with van der Waals surface area (Å²) in [7, 11) is 0. The van der Waals surface area contributed by atoms with E-state index in [9.17, 15) is 28.0 Å². The van der Waals surface area contributed by atoms with Crippen LogP contribution in [0.2, 0.25) is 0 Å². The summed E-state index contributed by atoms with van der Waals surface area (Å²) < 4.78 is 39.3. The van der Waals surface area contributed by atoms with Gasteiger partial charge < -0.3 is 10.5 Å². The molecule has 1 aromatic carbocycles. The molecule has 10 heteroatoms. The first-order chi connectivity index (χ1) is 12.7. The second-order valence-corrected chi connectivity index (χ2v) is 7.19. The van der Waals surface area contributed by atoms with E-state index in [0.717, 1.165) is 34.9 Å². The molecule has 1 atom stereocenters. The lowest BCUT2D eigenvalue weighted by Gasteiger charge is -2.31. The van der Waals surface area contributed by atoms with E-state index in [1.807, 2.05) is 0 Å². The van der Waals surface area contributed by atoms with Crippen LogP contribution in [0.1, 0.15) is 12.5 Å². The number of benzene rings is 1. The van der Waals surface area contributed by atoms with Gasteiger partial charge in [0.25, 0.3) is 5.03 Å². The molecule has 1 aliphatic heterocycles. The van der Waals surface area contributed by atoms with Crippen molar-refractivity contribution < 1.29 is 27.5 Å². The van der Waals surface area contributed by atoms with Crippen molar-refractivity contribution in [1.82, 2.24) is 0 Å². The molecule has 0 fully saturated rings. The van der Waals surface area contributed by atoms with Crippen molar-refractivity contribution >= 4 is 35.0 Å². The number of carbonyl (C=O) groups excluding carboxylic acids is 2. The molecule has 2 amide bonds. The fraction of sp³-hybridized carbons (Fsp3) is 0.235. The van der Waals surface area contributed by atoms with Crippen molar-refractivity contribution in [2.75, 3.05) is 16.8 Å². The number of amides is 2. The van der Waals surface area contributed by atoms with Crippen molar-refractivity contribution in [3.63, 3.8) is 0 Å². The van der Waals surface area contributed by atoms with Gasteiger partial charge in [-0.2, -0.15) is 17.9 Å². The molecule has 0 aliphatic carbocycles. The monoisotopic (exact) mass is 397 g/mol. The second-order valence-electron chi connectivity index (χ2n) is 5.83. The number of nitrogens with one attached hydrogen (secondary N) is 1. The van der Waals surface area contributed by atoms with Crippen LogP contribution < -0.4 is 14.9 Å². The Kier molecular flexibility index (Phi) is 5.01. The average molecular weight is 397 g/mol. The summed E-state index contributed by atoms with van der Waals surface area (Å²) in [6.07, 6.45) is -3.27. The Hall–Kier alpha value is -2.75. The lowest BCUT2D eigenvalue weighted by atomic mass is 10.1. The molecule has 6 nitrogen and oxygen atoms in total. The third-order valence-corrected chi connectivity index (χ3v) is 5.00. The lowest BCUT2D eigenvalue weighted by Crippen LogP contribution is -2.45. The van der Waals surface area contributed by atoms with Gasteiger partial charge in [0.05, 0.1) is 22.2 Å². The first-order valence-corrected chi connectivity index (χ1v) is 8.72. The van der Waals surface area contributed by atoms with Crippen LogP contribution in [0, 0.1) is 5.21 Å². The minimum atomic E-state index is -4.57. The molecule has 3 rings (SSSR count). The van der Waals surface area contributed by atoms with Gasteiger partial charge in [-0.05, 0) is 43.0 Å². The number of rotatable bonds is 3. The Bertz CT molecular complexity index is 904. The van der Waals surface area contributed by atoms with E-state index in [0.29, 0.717) is 9.76 Å². The highest BCUT2D eigenvalue weighted by molar-refractivity contribution is 8.00. The van der Waals surface area contributed by atoms with E-state index >= 15 is 0 Å². The summed E-state index contributed by atoms with van der Waals surface area (Å²) in [5.74, 6) is -1.08. The normalized spacial score (nSPS) is 15.1. The summed E-state index contributed by atoms with van der Waals surface area (Å²) in [4.78, 5) is 25.8. The second kappa shape index (κ2) is 7.10. The van der Waals surface area contributed by atoms with Gasteiger partial charge in [-0.3, -0.25) is 14.5 Å². The Morgan fingerprint density at radius 3 is 2.74 bits per heavy atom. The molecule has 142 valence electrons. The van der Waals surface area contributed by atoms with Crippen LogP contribution in [-0.2, 0) is 15.8 Å². The van der Waals surface area contributed by atoms with E-state index in [1.165, 1.54) is 6.20 Å². The Labute approximate surface area is 156 Å². The van der Waals surface area contributed by atoms with Gasteiger partial charge in [-0.25, -0.2) is 0 Å². The molecule has 0 spiro atoms. The van der Waals surface area contributed by atoms with Crippen molar-refractivity contribution in [3.8, 4) is 0 Å². The number of thioether (sulfide) groups is 1. The smallest absolute Gasteiger partial charge is 0.416 e. The van der Waals surface area contributed by atoms with Gasteiger partial charge in [0, 0.05) is 12.1 Å². The fourth-order valence-electron chi connectivity index (χ4n) is 2.62. The first kappa shape index (κ1) is 19.0. The number of fused-ring (bicyclic) bond motifs is 1. The highest BCUT2D eigenvalue weighted by Crippen LogP contribution is 2.37. The molecule has 2 aromatic rings. The third-order valence-electron chi connectivity index (χ3n) is 3.89. The fourth-order valence-corrected chi connectivity index (χ4v) is 3.53. The number of pyridine rings is 1. The molecule has 0 saturated carbocycles. The zero-order chi connectivity index (χ0) is 19.8. The highest BCUT2D eigenvalue weighted by atomic mass is 32.2. The number of hydrogen-bond acceptors (Lipinski definition) is 4. The molecular formula is C17H14F3N3O3S. The van der Waals surface area contributed by atoms with Gasteiger partial charge in [-0.15, -0.1) is 0 Å². The van der Waals surface area contributed by atoms with Crippen LogP contribution in [-0.4, -0.2) is 23.6 Å². The number of alkyl halides is 3. The minimum absolute atomic E-state index is 0.0785. The summed E-state index contributed by atoms with van der Waals surface area (Å²) in [6, 6.07) is 7.56. The van der Waals surface area contributed by atoms with E-state index < -0.39 is 28.8 Å². The summed E-state index contributed by atoms with van der Waals surface area (Å²) in [5.41, 5.74) is -0.816. The lowest BCUT2D eigenvalue weighted by molar-refractivity contribution is -0.645. The van der Waals surface area contributed by atoms with Crippen molar-refractivity contribution in [3.05, 3.63) is 53.4 Å². The Balaban J connectivity index is 1.88. The predicted octanol–water partition coefficient (Wildman–Crippen LogP) is 2.80. The van der Waals surface area contributed by atoms with Gasteiger partial charge in [-0.1, -0.05) is 0 Å². The van der Waals surface area contributed by atoms with E-state index in [2.05, 4.69) is 5.32 Å². The van der Waals surface area contributed by atoms with Crippen molar-refractivity contribution in [2.45, 2.75) is 23.4 Å². The maximum absolute atomic E-state index is 12.9. The molecule has 2 heterocycles. The van der Waals surface area contributed by atoms with Gasteiger partial charge in [0.2, 0.25) is 11.8 Å². The third kappa shape index (κ3) is 4.00. The number of nitrogens with zero attached hydrogens (tertiary/aromatic N) is 2. The molecular weight excluding hydrogens is 383 g/mol. The molecule has 27 heavy (non-hydrogen) atoms. The summed E-state index contributed by atoms with van der Waals surface area (Å²) >= 11 is 1.00. The number of anilines is 2. The van der Waals surface area contributed by atoms with Crippen molar-refractivity contribution in [1.29, 1.82) is 0 Å². The van der Waals surface area contributed by atoms with E-state index in [4.69, 9.17) is 0 Å². The number of halogens is 3. The van der Waals surface area contributed by atoms with Crippen LogP contribution >= 0.6 is 11.8 Å². The van der Waals surface area contributed by atoms with Crippen molar-refractivity contribution in [2.24, 2.45) is 0 Å². The molecule has 1 aromatic heterocycles. The predicted molar refractivity (Wildman–Crippen MR) is 93.1 cm³/mol. The zero-order valence-corrected chi connectivity index (χ0v) is 14.8. The topological polar surface area (TPSA) is 76.3 Å².